The van der Waals surface area contributed by atoms with Gasteiger partial charge in [0.2, 0.25) is 5.91 Å². The number of hydrogen-bond acceptors (Lipinski definition) is 6. The summed E-state index contributed by atoms with van der Waals surface area (Å²) in [5.74, 6) is 0.428. The molecule has 152 valence electrons. The number of hydroxylamine groups is 1. The molecular formula is C21H23N3O5. The lowest BCUT2D eigenvalue weighted by atomic mass is 9.81. The molecule has 3 rings (SSSR count). The molecule has 1 aliphatic heterocycles. The minimum Gasteiger partial charge on any atom is -0.457 e. The molecule has 0 radical (unpaired) electrons. The van der Waals surface area contributed by atoms with E-state index in [-0.39, 0.29) is 5.91 Å². The van der Waals surface area contributed by atoms with Gasteiger partial charge in [-0.25, -0.2) is 5.48 Å². The molecule has 29 heavy (non-hydrogen) atoms. The Bertz CT molecular complexity index is 928. The molecule has 0 saturated carbocycles. The summed E-state index contributed by atoms with van der Waals surface area (Å²) in [5, 5.41) is 20.5. The number of amides is 2. The van der Waals surface area contributed by atoms with Gasteiger partial charge in [0.05, 0.1) is 11.6 Å². The van der Waals surface area contributed by atoms with Gasteiger partial charge in [0, 0.05) is 6.54 Å². The Labute approximate surface area is 168 Å². The van der Waals surface area contributed by atoms with Crippen LogP contribution in [-0.4, -0.2) is 45.9 Å². The van der Waals surface area contributed by atoms with Gasteiger partial charge >= 0.3 is 0 Å². The van der Waals surface area contributed by atoms with E-state index < -0.39 is 17.4 Å². The van der Waals surface area contributed by atoms with Crippen LogP contribution in [0.4, 0.5) is 0 Å². The fourth-order valence-corrected chi connectivity index (χ4v) is 3.49. The minimum atomic E-state index is -0.750. The van der Waals surface area contributed by atoms with E-state index in [2.05, 4.69) is 5.16 Å². The van der Waals surface area contributed by atoms with Crippen LogP contribution in [-0.2, 0) is 15.0 Å². The van der Waals surface area contributed by atoms with Crippen molar-refractivity contribution in [3.63, 3.8) is 0 Å². The van der Waals surface area contributed by atoms with Crippen LogP contribution in [0.5, 0.6) is 11.5 Å². The third-order valence-corrected chi connectivity index (χ3v) is 5.33. The number of benzene rings is 2. The van der Waals surface area contributed by atoms with Crippen molar-refractivity contribution >= 4 is 18.0 Å². The first-order valence-corrected chi connectivity index (χ1v) is 9.20. The van der Waals surface area contributed by atoms with Gasteiger partial charge in [0.15, 0.2) is 0 Å². The second-order valence-corrected chi connectivity index (χ2v) is 7.18. The van der Waals surface area contributed by atoms with Crippen LogP contribution < -0.4 is 10.2 Å². The lowest BCUT2D eigenvalue weighted by Crippen LogP contribution is -2.47. The number of oxime groups is 1. The lowest BCUT2D eigenvalue weighted by molar-refractivity contribution is -0.143. The predicted octanol–water partition coefficient (Wildman–Crippen LogP) is 2.67. The van der Waals surface area contributed by atoms with E-state index in [1.54, 1.807) is 48.8 Å². The number of nitrogens with zero attached hydrogens (tertiary/aromatic N) is 2. The van der Waals surface area contributed by atoms with Crippen molar-refractivity contribution in [3.8, 4) is 11.5 Å². The first-order valence-electron chi connectivity index (χ1n) is 9.20. The van der Waals surface area contributed by atoms with Gasteiger partial charge < -0.3 is 14.8 Å². The molecule has 0 aromatic heterocycles. The van der Waals surface area contributed by atoms with Crippen LogP contribution in [0.2, 0.25) is 0 Å². The van der Waals surface area contributed by atoms with E-state index in [1.807, 2.05) is 19.1 Å². The molecule has 3 N–H and O–H groups in total. The van der Waals surface area contributed by atoms with Crippen molar-refractivity contribution in [2.45, 2.75) is 31.7 Å². The maximum atomic E-state index is 13.0. The number of carbonyl (C=O) groups excluding carboxylic acids is 2. The van der Waals surface area contributed by atoms with Crippen molar-refractivity contribution < 1.29 is 24.7 Å². The number of likely N-dealkylation sites (tertiary alicyclic amines) is 1. The minimum absolute atomic E-state index is 0.154. The largest absolute Gasteiger partial charge is 0.457 e. The topological polar surface area (TPSA) is 111 Å². The summed E-state index contributed by atoms with van der Waals surface area (Å²) < 4.78 is 5.83. The number of carbonyl (C=O) groups is 2. The summed E-state index contributed by atoms with van der Waals surface area (Å²) >= 11 is 0. The van der Waals surface area contributed by atoms with Crippen LogP contribution in [0.15, 0.2) is 53.7 Å². The molecule has 2 unspecified atom stereocenters. The highest BCUT2D eigenvalue weighted by Gasteiger charge is 2.46. The summed E-state index contributed by atoms with van der Waals surface area (Å²) in [6, 6.07) is 13.6. The van der Waals surface area contributed by atoms with Crippen molar-refractivity contribution in [1.29, 1.82) is 0 Å². The summed E-state index contributed by atoms with van der Waals surface area (Å²) in [5.41, 5.74) is 2.38. The maximum absolute atomic E-state index is 13.0. The number of ether oxygens (including phenoxy) is 1. The molecule has 1 fully saturated rings. The molecule has 1 saturated heterocycles. The summed E-state index contributed by atoms with van der Waals surface area (Å²) in [6.45, 7) is 3.87. The molecule has 1 aliphatic rings. The van der Waals surface area contributed by atoms with Crippen molar-refractivity contribution in [2.24, 2.45) is 5.16 Å². The third-order valence-electron chi connectivity index (χ3n) is 5.33. The average Bonchev–Trinajstić information content (AvgIpc) is 3.03. The van der Waals surface area contributed by atoms with Crippen LogP contribution >= 0.6 is 0 Å². The van der Waals surface area contributed by atoms with Crippen LogP contribution in [0.1, 0.15) is 31.4 Å². The van der Waals surface area contributed by atoms with E-state index in [0.29, 0.717) is 30.0 Å². The quantitative estimate of drug-likeness (QED) is 0.300. The number of hydrogen-bond donors (Lipinski definition) is 3. The van der Waals surface area contributed by atoms with Crippen LogP contribution in [0, 0.1) is 0 Å². The zero-order valence-corrected chi connectivity index (χ0v) is 16.2. The van der Waals surface area contributed by atoms with Crippen molar-refractivity contribution in [3.05, 3.63) is 59.7 Å². The highest BCUT2D eigenvalue weighted by molar-refractivity contribution is 5.94. The monoisotopic (exact) mass is 397 g/mol. The van der Waals surface area contributed by atoms with Crippen LogP contribution in [0.25, 0.3) is 0 Å². The standard InChI is InChI=1S/C21H23N3O5/c1-14(19(25)23-28)24-11-10-21(2,20(24)26)16-6-8-17(9-7-16)29-18-5-3-4-15(12-18)13-22-27/h3-9,12-14,27-28H,10-11H2,1-2H3,(H,23,25). The molecule has 0 aliphatic carbocycles. The number of rotatable bonds is 6. The summed E-state index contributed by atoms with van der Waals surface area (Å²) in [6.07, 6.45) is 1.88. The molecule has 2 aromatic carbocycles. The van der Waals surface area contributed by atoms with Gasteiger partial charge in [-0.3, -0.25) is 14.8 Å². The SMILES string of the molecule is CC(C(=O)NO)N1CCC(C)(c2ccc(Oc3cccc(C=NO)c3)cc2)C1=O. The van der Waals surface area contributed by atoms with Crippen molar-refractivity contribution in [1.82, 2.24) is 10.4 Å². The van der Waals surface area contributed by atoms with Gasteiger partial charge in [-0.15, -0.1) is 0 Å². The Morgan fingerprint density at radius 1 is 1.28 bits per heavy atom. The Hall–Kier alpha value is -3.39. The molecule has 8 heteroatoms. The van der Waals surface area contributed by atoms with E-state index >= 15 is 0 Å². The van der Waals surface area contributed by atoms with E-state index in [0.717, 1.165) is 5.56 Å². The van der Waals surface area contributed by atoms with E-state index in [9.17, 15) is 9.59 Å². The van der Waals surface area contributed by atoms with Gasteiger partial charge in [0.25, 0.3) is 5.91 Å². The van der Waals surface area contributed by atoms with E-state index in [1.165, 1.54) is 11.1 Å². The molecule has 2 atom stereocenters. The Morgan fingerprint density at radius 3 is 2.66 bits per heavy atom. The molecule has 8 nitrogen and oxygen atoms in total. The highest BCUT2D eigenvalue weighted by Crippen LogP contribution is 2.37. The maximum Gasteiger partial charge on any atom is 0.265 e. The Morgan fingerprint density at radius 2 is 2.00 bits per heavy atom. The van der Waals surface area contributed by atoms with Gasteiger partial charge in [-0.05, 0) is 55.7 Å². The fourth-order valence-electron chi connectivity index (χ4n) is 3.49. The van der Waals surface area contributed by atoms with Gasteiger partial charge in [-0.1, -0.05) is 29.4 Å². The second kappa shape index (κ2) is 8.32. The Balaban J connectivity index is 1.75. The summed E-state index contributed by atoms with van der Waals surface area (Å²) in [4.78, 5) is 26.1. The second-order valence-electron chi connectivity index (χ2n) is 7.18. The Kier molecular flexibility index (Phi) is 5.84. The first kappa shape index (κ1) is 20.3. The van der Waals surface area contributed by atoms with Gasteiger partial charge in [-0.2, -0.15) is 0 Å². The summed E-state index contributed by atoms with van der Waals surface area (Å²) in [7, 11) is 0. The molecule has 2 amide bonds. The molecule has 0 bridgehead atoms. The smallest absolute Gasteiger partial charge is 0.265 e. The fraction of sp³-hybridized carbons (Fsp3) is 0.286. The average molecular weight is 397 g/mol. The zero-order valence-electron chi connectivity index (χ0n) is 16.2. The van der Waals surface area contributed by atoms with E-state index in [4.69, 9.17) is 15.2 Å². The van der Waals surface area contributed by atoms with Crippen molar-refractivity contribution in [2.75, 3.05) is 6.54 Å². The molecule has 1 heterocycles. The third kappa shape index (κ3) is 4.07. The molecule has 2 aromatic rings. The van der Waals surface area contributed by atoms with Gasteiger partial charge in [0.1, 0.15) is 17.5 Å². The number of nitrogens with one attached hydrogen (secondary N) is 1. The normalized spacial score (nSPS) is 20.1. The zero-order chi connectivity index (χ0) is 21.0. The highest BCUT2D eigenvalue weighted by atomic mass is 16.5. The lowest BCUT2D eigenvalue weighted by Gasteiger charge is -2.27. The molecule has 0 spiro atoms. The molecular weight excluding hydrogens is 374 g/mol. The van der Waals surface area contributed by atoms with Crippen LogP contribution in [0.3, 0.4) is 0 Å². The first-order chi connectivity index (χ1) is 13.9. The predicted molar refractivity (Wildman–Crippen MR) is 105 cm³/mol.